The van der Waals surface area contributed by atoms with Gasteiger partial charge in [-0.05, 0) is 6.92 Å². The van der Waals surface area contributed by atoms with Crippen molar-refractivity contribution in [3.05, 3.63) is 5.21 Å². The molecule has 88 valence electrons. The Morgan fingerprint density at radius 1 is 1.67 bits per heavy atom. The van der Waals surface area contributed by atoms with Crippen LogP contribution < -0.4 is 0 Å². The Balaban J connectivity index is 3.88. The number of esters is 1. The quantitative estimate of drug-likeness (QED) is 0.157. The molecular formula is C7H15N3O5. The number of rotatable bonds is 7. The number of hydrogen-bond donors (Lipinski definition) is 1. The van der Waals surface area contributed by atoms with E-state index < -0.39 is 12.8 Å². The lowest BCUT2D eigenvalue weighted by molar-refractivity contribution is -0.711. The minimum absolute atomic E-state index is 0.153. The molecular weight excluding hydrogens is 206 g/mol. The summed E-state index contributed by atoms with van der Waals surface area (Å²) in [4.78, 5) is 14.9. The highest BCUT2D eigenvalue weighted by Gasteiger charge is 2.08. The molecule has 0 spiro atoms. The van der Waals surface area contributed by atoms with Gasteiger partial charge >= 0.3 is 5.97 Å². The fourth-order valence-corrected chi connectivity index (χ4v) is 0.714. The van der Waals surface area contributed by atoms with Crippen molar-refractivity contribution in [3.63, 3.8) is 0 Å². The fourth-order valence-electron chi connectivity index (χ4n) is 0.714. The number of hydrazine groups is 1. The van der Waals surface area contributed by atoms with Crippen molar-refractivity contribution >= 4 is 5.97 Å². The van der Waals surface area contributed by atoms with Gasteiger partial charge in [0.05, 0.1) is 24.7 Å². The molecule has 8 heteroatoms. The van der Waals surface area contributed by atoms with Gasteiger partial charge in [0.1, 0.15) is 0 Å². The predicted molar refractivity (Wildman–Crippen MR) is 48.1 cm³/mol. The number of hydrogen-bond acceptors (Lipinski definition) is 6. The fraction of sp³-hybridized carbons (Fsp3) is 0.857. The average Bonchev–Trinajstić information content (AvgIpc) is 2.20. The third-order valence-corrected chi connectivity index (χ3v) is 1.41. The van der Waals surface area contributed by atoms with E-state index in [9.17, 15) is 10.0 Å². The zero-order chi connectivity index (χ0) is 11.7. The topological polar surface area (TPSA) is 97.4 Å². The van der Waals surface area contributed by atoms with Crippen molar-refractivity contribution in [3.8, 4) is 0 Å². The Bertz CT molecular complexity index is 221. The summed E-state index contributed by atoms with van der Waals surface area (Å²) in [6, 6.07) is 0. The second kappa shape index (κ2) is 7.80. The first-order valence-electron chi connectivity index (χ1n) is 4.41. The number of aliphatic hydroxyl groups is 1. The van der Waals surface area contributed by atoms with Crippen LogP contribution in [0.3, 0.4) is 0 Å². The van der Waals surface area contributed by atoms with Gasteiger partial charge in [-0.3, -0.25) is 4.79 Å². The number of nitrogens with zero attached hydrogens (tertiary/aromatic N) is 3. The zero-order valence-electron chi connectivity index (χ0n) is 8.75. The lowest BCUT2D eigenvalue weighted by atomic mass is 10.6. The molecule has 0 bridgehead atoms. The maximum Gasteiger partial charge on any atom is 0.305 e. The largest absolute Gasteiger partial charge is 0.569 e. The van der Waals surface area contributed by atoms with Crippen LogP contribution in [-0.4, -0.2) is 47.5 Å². The molecule has 0 aliphatic rings. The average molecular weight is 221 g/mol. The Morgan fingerprint density at radius 3 is 2.80 bits per heavy atom. The zero-order valence-corrected chi connectivity index (χ0v) is 8.75. The van der Waals surface area contributed by atoms with Gasteiger partial charge in [0.15, 0.2) is 0 Å². The molecule has 1 N–H and O–H groups in total. The normalized spacial score (nSPS) is 11.0. The van der Waals surface area contributed by atoms with Crippen molar-refractivity contribution in [1.29, 1.82) is 0 Å². The van der Waals surface area contributed by atoms with Gasteiger partial charge < -0.3 is 19.9 Å². The molecule has 0 aromatic heterocycles. The van der Waals surface area contributed by atoms with Crippen LogP contribution in [0, 0.1) is 5.21 Å². The van der Waals surface area contributed by atoms with Crippen molar-refractivity contribution in [2.75, 3.05) is 26.5 Å². The molecule has 15 heavy (non-hydrogen) atoms. The SMILES string of the molecule is CCN(CCO)/[N+]([O-])=N/OCOC(C)=O. The summed E-state index contributed by atoms with van der Waals surface area (Å²) in [6.07, 6.45) is 0. The lowest BCUT2D eigenvalue weighted by Crippen LogP contribution is -2.33. The molecule has 0 aliphatic carbocycles. The molecule has 0 fully saturated rings. The standard InChI is InChI=1S/C7H15N3O5/c1-3-9(4-5-11)10(13)8-15-6-14-7(2)12/h11H,3-6H2,1-2H3/b10-8-. The van der Waals surface area contributed by atoms with Gasteiger partial charge in [-0.2, -0.15) is 0 Å². The van der Waals surface area contributed by atoms with Crippen LogP contribution in [0.5, 0.6) is 0 Å². The summed E-state index contributed by atoms with van der Waals surface area (Å²) in [5.41, 5.74) is 0. The summed E-state index contributed by atoms with van der Waals surface area (Å²) in [7, 11) is 0. The molecule has 0 aromatic rings. The van der Waals surface area contributed by atoms with E-state index in [2.05, 4.69) is 14.9 Å². The first kappa shape index (κ1) is 13.4. The molecule has 0 saturated heterocycles. The van der Waals surface area contributed by atoms with E-state index in [0.29, 0.717) is 6.54 Å². The number of carbonyl (C=O) groups excluding carboxylic acids is 1. The molecule has 0 rings (SSSR count). The molecule has 0 unspecified atom stereocenters. The van der Waals surface area contributed by atoms with Crippen LogP contribution in [0.1, 0.15) is 13.8 Å². The molecule has 0 saturated carbocycles. The monoisotopic (exact) mass is 221 g/mol. The van der Waals surface area contributed by atoms with Gasteiger partial charge in [0, 0.05) is 6.92 Å². The van der Waals surface area contributed by atoms with Gasteiger partial charge in [0.25, 0.3) is 6.79 Å². The third-order valence-electron chi connectivity index (χ3n) is 1.41. The lowest BCUT2D eigenvalue weighted by Gasteiger charge is -2.14. The summed E-state index contributed by atoms with van der Waals surface area (Å²) in [6.45, 7) is 2.90. The Kier molecular flexibility index (Phi) is 6.98. The highest BCUT2D eigenvalue weighted by molar-refractivity contribution is 5.65. The van der Waals surface area contributed by atoms with Crippen LogP contribution >= 0.6 is 0 Å². The van der Waals surface area contributed by atoms with Crippen molar-refractivity contribution < 1.29 is 24.4 Å². The van der Waals surface area contributed by atoms with Crippen molar-refractivity contribution in [1.82, 2.24) is 5.01 Å². The molecule has 0 heterocycles. The Labute approximate surface area is 87.2 Å². The van der Waals surface area contributed by atoms with E-state index in [-0.39, 0.29) is 18.1 Å². The Hall–Kier alpha value is -1.57. The third kappa shape index (κ3) is 6.49. The molecule has 0 aromatic carbocycles. The van der Waals surface area contributed by atoms with Crippen LogP contribution in [0.2, 0.25) is 0 Å². The summed E-state index contributed by atoms with van der Waals surface area (Å²) >= 11 is 0. The van der Waals surface area contributed by atoms with E-state index in [1.54, 1.807) is 6.92 Å². The predicted octanol–water partition coefficient (Wildman–Crippen LogP) is -0.370. The highest BCUT2D eigenvalue weighted by atomic mass is 16.8. The summed E-state index contributed by atoms with van der Waals surface area (Å²) < 4.78 is 4.38. The summed E-state index contributed by atoms with van der Waals surface area (Å²) in [5.74, 6) is -0.523. The number of carbonyl (C=O) groups is 1. The highest BCUT2D eigenvalue weighted by Crippen LogP contribution is 1.90. The first-order valence-corrected chi connectivity index (χ1v) is 4.41. The molecule has 0 aliphatic heterocycles. The minimum Gasteiger partial charge on any atom is -0.569 e. The molecule has 0 radical (unpaired) electrons. The second-order valence-electron chi connectivity index (χ2n) is 2.49. The van der Waals surface area contributed by atoms with Gasteiger partial charge in [-0.1, -0.05) is 0 Å². The molecule has 8 nitrogen and oxygen atoms in total. The van der Waals surface area contributed by atoms with E-state index in [0.717, 1.165) is 0 Å². The van der Waals surface area contributed by atoms with Gasteiger partial charge in [-0.15, -0.1) is 5.01 Å². The number of likely N-dealkylation sites (N-methyl/N-ethyl adjacent to an activating group) is 1. The minimum atomic E-state index is -0.523. The second-order valence-corrected chi connectivity index (χ2v) is 2.49. The van der Waals surface area contributed by atoms with Crippen molar-refractivity contribution in [2.45, 2.75) is 13.8 Å². The maximum absolute atomic E-state index is 11.1. The number of ether oxygens (including phenoxy) is 1. The van der Waals surface area contributed by atoms with E-state index in [4.69, 9.17) is 5.11 Å². The van der Waals surface area contributed by atoms with Crippen LogP contribution in [0.25, 0.3) is 0 Å². The van der Waals surface area contributed by atoms with Crippen LogP contribution in [0.15, 0.2) is 5.28 Å². The summed E-state index contributed by atoms with van der Waals surface area (Å²) in [5, 5.41) is 24.0. The van der Waals surface area contributed by atoms with Crippen LogP contribution in [0.4, 0.5) is 0 Å². The maximum atomic E-state index is 11.1. The van der Waals surface area contributed by atoms with Gasteiger partial charge in [0.2, 0.25) is 5.28 Å². The van der Waals surface area contributed by atoms with E-state index in [1.165, 1.54) is 11.9 Å². The van der Waals surface area contributed by atoms with Gasteiger partial charge in [-0.25, -0.2) is 0 Å². The van der Waals surface area contributed by atoms with Crippen LogP contribution in [-0.2, 0) is 14.4 Å². The van der Waals surface area contributed by atoms with E-state index in [1.807, 2.05) is 0 Å². The van der Waals surface area contributed by atoms with Crippen molar-refractivity contribution in [2.24, 2.45) is 5.28 Å². The smallest absolute Gasteiger partial charge is 0.305 e. The molecule has 0 amide bonds. The Morgan fingerprint density at radius 2 is 2.33 bits per heavy atom. The molecule has 0 atom stereocenters. The van der Waals surface area contributed by atoms with E-state index >= 15 is 0 Å². The number of aliphatic hydroxyl groups excluding tert-OH is 1. The first-order chi connectivity index (χ1) is 7.11.